The minimum Gasteiger partial charge on any atom is -0.493 e. The molecule has 0 aromatic heterocycles. The first kappa shape index (κ1) is 15.8. The lowest BCUT2D eigenvalue weighted by Gasteiger charge is -2.15. The third-order valence-corrected chi connectivity index (χ3v) is 5.41. The van der Waals surface area contributed by atoms with Crippen LogP contribution in [0.2, 0.25) is 0 Å². The van der Waals surface area contributed by atoms with Crippen LogP contribution in [0.25, 0.3) is 0 Å². The number of nitrogens with one attached hydrogen (secondary N) is 1. The van der Waals surface area contributed by atoms with Gasteiger partial charge in [-0.05, 0) is 47.9 Å². The Labute approximate surface area is 137 Å². The highest BCUT2D eigenvalue weighted by atomic mass is 16.5. The number of carbonyl (C=O) groups excluding carboxylic acids is 1. The molecule has 1 aromatic carbocycles. The van der Waals surface area contributed by atoms with Crippen LogP contribution >= 0.6 is 0 Å². The van der Waals surface area contributed by atoms with Gasteiger partial charge in [0, 0.05) is 5.92 Å². The fourth-order valence-electron chi connectivity index (χ4n) is 4.02. The topological polar surface area (TPSA) is 59.9 Å². The van der Waals surface area contributed by atoms with Crippen LogP contribution in [0, 0.1) is 17.3 Å². The minimum atomic E-state index is 0.0520. The Balaban J connectivity index is 1.60. The van der Waals surface area contributed by atoms with Crippen molar-refractivity contribution in [2.45, 2.75) is 32.6 Å². The molecule has 0 heterocycles. The number of fused-ring (bicyclic) bond motifs is 1. The number of rotatable bonds is 5. The van der Waals surface area contributed by atoms with E-state index in [4.69, 9.17) is 9.47 Å². The second-order valence-corrected chi connectivity index (χ2v) is 6.68. The van der Waals surface area contributed by atoms with Crippen molar-refractivity contribution >= 4 is 12.1 Å². The standard InChI is InChI=1S/C18H24N2O3/c1-18-9-5-4-6-13(18)16(18)17(21)20-19-11-12-7-8-14(22-2)15(10-12)23-3/h7-8,10-11,13,16H,4-6,9H2,1-3H3,(H,20,21)/t13-,16+,18+/m1/s1. The van der Waals surface area contributed by atoms with Crippen LogP contribution in [0.4, 0.5) is 0 Å². The number of nitrogens with zero attached hydrogens (tertiary/aromatic N) is 1. The van der Waals surface area contributed by atoms with Crippen LogP contribution in [0.1, 0.15) is 38.2 Å². The maximum Gasteiger partial charge on any atom is 0.244 e. The molecule has 23 heavy (non-hydrogen) atoms. The van der Waals surface area contributed by atoms with Crippen molar-refractivity contribution in [2.24, 2.45) is 22.4 Å². The third kappa shape index (κ3) is 2.92. The summed E-state index contributed by atoms with van der Waals surface area (Å²) in [7, 11) is 3.19. The molecule has 1 N–H and O–H groups in total. The molecule has 0 radical (unpaired) electrons. The second-order valence-electron chi connectivity index (χ2n) is 6.68. The molecule has 124 valence electrons. The summed E-state index contributed by atoms with van der Waals surface area (Å²) in [4.78, 5) is 12.3. The quantitative estimate of drug-likeness (QED) is 0.671. The van der Waals surface area contributed by atoms with Gasteiger partial charge in [-0.1, -0.05) is 19.8 Å². The molecule has 0 unspecified atom stereocenters. The van der Waals surface area contributed by atoms with Gasteiger partial charge < -0.3 is 9.47 Å². The number of benzene rings is 1. The van der Waals surface area contributed by atoms with Gasteiger partial charge in [-0.2, -0.15) is 5.10 Å². The van der Waals surface area contributed by atoms with Crippen molar-refractivity contribution in [2.75, 3.05) is 14.2 Å². The summed E-state index contributed by atoms with van der Waals surface area (Å²) in [5.41, 5.74) is 3.76. The van der Waals surface area contributed by atoms with E-state index in [1.807, 2.05) is 18.2 Å². The number of amides is 1. The van der Waals surface area contributed by atoms with Gasteiger partial charge in [0.1, 0.15) is 0 Å². The molecule has 0 saturated heterocycles. The van der Waals surface area contributed by atoms with Gasteiger partial charge in [0.2, 0.25) is 5.91 Å². The zero-order valence-electron chi connectivity index (χ0n) is 14.0. The summed E-state index contributed by atoms with van der Waals surface area (Å²) in [5, 5.41) is 4.10. The van der Waals surface area contributed by atoms with E-state index in [0.29, 0.717) is 17.4 Å². The van der Waals surface area contributed by atoms with Crippen molar-refractivity contribution in [1.82, 2.24) is 5.43 Å². The molecule has 2 aliphatic rings. The van der Waals surface area contributed by atoms with E-state index in [1.54, 1.807) is 20.4 Å². The Kier molecular flexibility index (Phi) is 4.28. The average molecular weight is 316 g/mol. The SMILES string of the molecule is COc1ccc(C=NNC(=O)[C@@H]2[C@H]3CCCC[C@@]32C)cc1OC. The van der Waals surface area contributed by atoms with Crippen LogP contribution in [0.5, 0.6) is 11.5 Å². The molecule has 3 atom stereocenters. The predicted octanol–water partition coefficient (Wildman–Crippen LogP) is 2.98. The van der Waals surface area contributed by atoms with E-state index in [2.05, 4.69) is 17.5 Å². The highest BCUT2D eigenvalue weighted by Crippen LogP contribution is 2.66. The van der Waals surface area contributed by atoms with E-state index in [0.717, 1.165) is 12.0 Å². The van der Waals surface area contributed by atoms with Crippen LogP contribution in [0.3, 0.4) is 0 Å². The molecule has 0 aliphatic heterocycles. The Hall–Kier alpha value is -2.04. The molecule has 2 saturated carbocycles. The van der Waals surface area contributed by atoms with Crippen LogP contribution < -0.4 is 14.9 Å². The Morgan fingerprint density at radius 2 is 2.09 bits per heavy atom. The molecule has 3 rings (SSSR count). The molecule has 5 heteroatoms. The summed E-state index contributed by atoms with van der Waals surface area (Å²) < 4.78 is 10.5. The molecule has 1 aromatic rings. The molecule has 0 spiro atoms. The van der Waals surface area contributed by atoms with Gasteiger partial charge in [-0.15, -0.1) is 0 Å². The lowest BCUT2D eigenvalue weighted by molar-refractivity contribution is -0.123. The smallest absolute Gasteiger partial charge is 0.244 e. The molecule has 1 amide bonds. The molecular weight excluding hydrogens is 292 g/mol. The van der Waals surface area contributed by atoms with Crippen molar-refractivity contribution < 1.29 is 14.3 Å². The number of carbonyl (C=O) groups is 1. The van der Waals surface area contributed by atoms with Gasteiger partial charge in [0.05, 0.1) is 20.4 Å². The number of hydrogen-bond acceptors (Lipinski definition) is 4. The first-order valence-electron chi connectivity index (χ1n) is 8.15. The fourth-order valence-corrected chi connectivity index (χ4v) is 4.02. The van der Waals surface area contributed by atoms with Crippen LogP contribution in [0.15, 0.2) is 23.3 Å². The van der Waals surface area contributed by atoms with Gasteiger partial charge in [-0.25, -0.2) is 5.43 Å². The zero-order chi connectivity index (χ0) is 16.4. The average Bonchev–Trinajstić information content (AvgIpc) is 3.20. The number of hydrazone groups is 1. The van der Waals surface area contributed by atoms with E-state index in [9.17, 15) is 4.79 Å². The first-order chi connectivity index (χ1) is 11.1. The predicted molar refractivity (Wildman–Crippen MR) is 88.8 cm³/mol. The summed E-state index contributed by atoms with van der Waals surface area (Å²) in [5.74, 6) is 2.04. The number of methoxy groups -OCH3 is 2. The molecule has 0 bridgehead atoms. The highest BCUT2D eigenvalue weighted by molar-refractivity contribution is 5.86. The number of hydrogen-bond donors (Lipinski definition) is 1. The van der Waals surface area contributed by atoms with Crippen molar-refractivity contribution in [3.63, 3.8) is 0 Å². The van der Waals surface area contributed by atoms with Gasteiger partial charge in [0.15, 0.2) is 11.5 Å². The highest BCUT2D eigenvalue weighted by Gasteiger charge is 2.64. The summed E-state index contributed by atoms with van der Waals surface area (Å²) >= 11 is 0. The number of ether oxygens (including phenoxy) is 2. The third-order valence-electron chi connectivity index (χ3n) is 5.41. The van der Waals surface area contributed by atoms with E-state index in [1.165, 1.54) is 19.3 Å². The second kappa shape index (κ2) is 6.22. The summed E-state index contributed by atoms with van der Waals surface area (Å²) in [6.45, 7) is 2.24. The monoisotopic (exact) mass is 316 g/mol. The lowest BCUT2D eigenvalue weighted by Crippen LogP contribution is -2.22. The van der Waals surface area contributed by atoms with Crippen molar-refractivity contribution in [3.05, 3.63) is 23.8 Å². The van der Waals surface area contributed by atoms with Crippen molar-refractivity contribution in [3.8, 4) is 11.5 Å². The molecule has 2 fully saturated rings. The first-order valence-corrected chi connectivity index (χ1v) is 8.15. The Morgan fingerprint density at radius 3 is 2.74 bits per heavy atom. The minimum absolute atomic E-state index is 0.0520. The Morgan fingerprint density at radius 1 is 1.30 bits per heavy atom. The largest absolute Gasteiger partial charge is 0.493 e. The van der Waals surface area contributed by atoms with Gasteiger partial charge in [-0.3, -0.25) is 4.79 Å². The van der Waals surface area contributed by atoms with Gasteiger partial charge in [0.25, 0.3) is 0 Å². The molecule has 5 nitrogen and oxygen atoms in total. The van der Waals surface area contributed by atoms with E-state index >= 15 is 0 Å². The van der Waals surface area contributed by atoms with E-state index < -0.39 is 0 Å². The van der Waals surface area contributed by atoms with Gasteiger partial charge >= 0.3 is 0 Å². The van der Waals surface area contributed by atoms with Crippen LogP contribution in [-0.2, 0) is 4.79 Å². The fraction of sp³-hybridized carbons (Fsp3) is 0.556. The van der Waals surface area contributed by atoms with E-state index in [-0.39, 0.29) is 17.2 Å². The molecule has 2 aliphatic carbocycles. The zero-order valence-corrected chi connectivity index (χ0v) is 14.0. The Bertz CT molecular complexity index is 629. The van der Waals surface area contributed by atoms with Crippen LogP contribution in [-0.4, -0.2) is 26.3 Å². The maximum atomic E-state index is 12.3. The molecular formula is C18H24N2O3. The summed E-state index contributed by atoms with van der Waals surface area (Å²) in [6.07, 6.45) is 6.46. The maximum absolute atomic E-state index is 12.3. The summed E-state index contributed by atoms with van der Waals surface area (Å²) in [6, 6.07) is 5.51. The lowest BCUT2D eigenvalue weighted by atomic mass is 9.90. The normalized spacial score (nSPS) is 29.0. The van der Waals surface area contributed by atoms with Crippen molar-refractivity contribution in [1.29, 1.82) is 0 Å².